The van der Waals surface area contributed by atoms with Crippen molar-refractivity contribution in [2.75, 3.05) is 54.9 Å². The van der Waals surface area contributed by atoms with Gasteiger partial charge >= 0.3 is 0 Å². The van der Waals surface area contributed by atoms with Crippen LogP contribution < -0.4 is 31.8 Å². The molecule has 1 aliphatic rings. The normalized spacial score (nSPS) is 16.2. The van der Waals surface area contributed by atoms with Crippen molar-refractivity contribution in [2.45, 2.75) is 33.2 Å². The lowest BCUT2D eigenvalue weighted by Gasteiger charge is -2.32. The van der Waals surface area contributed by atoms with Gasteiger partial charge in [0, 0.05) is 57.5 Å². The van der Waals surface area contributed by atoms with Crippen LogP contribution >= 0.6 is 0 Å². The van der Waals surface area contributed by atoms with Crippen molar-refractivity contribution in [1.82, 2.24) is 20.3 Å². The number of nitrogens with two attached hydrogens (primary N) is 1. The first-order valence-electron chi connectivity index (χ1n) is 10.8. The van der Waals surface area contributed by atoms with Gasteiger partial charge in [0.15, 0.2) is 11.5 Å². The highest BCUT2D eigenvalue weighted by Crippen LogP contribution is 2.29. The highest BCUT2D eigenvalue weighted by Gasteiger charge is 2.25. The maximum Gasteiger partial charge on any atom is 0.248 e. The summed E-state index contributed by atoms with van der Waals surface area (Å²) in [6.45, 7) is 10.4. The molecule has 1 fully saturated rings. The van der Waals surface area contributed by atoms with E-state index in [1.54, 1.807) is 12.3 Å². The van der Waals surface area contributed by atoms with Crippen LogP contribution in [0.2, 0.25) is 0 Å². The van der Waals surface area contributed by atoms with Crippen LogP contribution in [0, 0.1) is 0 Å². The molecule has 0 aromatic carbocycles. The van der Waals surface area contributed by atoms with Gasteiger partial charge in [0.05, 0.1) is 12.3 Å². The largest absolute Gasteiger partial charge is 0.380 e. The molecule has 3 heterocycles. The lowest BCUT2D eigenvalue weighted by molar-refractivity contribution is -0.115. The molecule has 0 radical (unpaired) electrons. The molecule has 1 atom stereocenters. The van der Waals surface area contributed by atoms with E-state index in [9.17, 15) is 4.79 Å². The number of anilines is 4. The molecule has 2 aromatic heterocycles. The second-order valence-electron chi connectivity index (χ2n) is 7.47. The fourth-order valence-electron chi connectivity index (χ4n) is 3.38. The molecular weight excluding hydrogens is 396 g/mol. The van der Waals surface area contributed by atoms with E-state index in [1.807, 2.05) is 13.8 Å². The Morgan fingerprint density at radius 2 is 2.19 bits per heavy atom. The number of hydrogen-bond acceptors (Lipinski definition) is 8. The van der Waals surface area contributed by atoms with Gasteiger partial charge in [-0.15, -0.1) is 0 Å². The Bertz CT molecular complexity index is 925. The standard InChI is InChI=1S/C21H32N8O2/c1-4-16(22)18-19(24-9-11-31-5-2)20(26-15-6-7-17(30)25-12-15)28-21(27-18)29-10-8-23-14(3)13-29/h6-7,12,14,22-24H,4-5,8-11,13H2,1-3H3,(H,25,30)(H,26,27,28)/p+1/t14-/m1/s1. The third kappa shape index (κ3) is 6.02. The molecule has 0 saturated carbocycles. The van der Waals surface area contributed by atoms with Crippen LogP contribution in [0.25, 0.3) is 0 Å². The topological polar surface area (TPSA) is 133 Å². The van der Waals surface area contributed by atoms with Crippen molar-refractivity contribution in [3.63, 3.8) is 0 Å². The maximum absolute atomic E-state index is 11.4. The van der Waals surface area contributed by atoms with Crippen LogP contribution in [0.4, 0.5) is 23.1 Å². The van der Waals surface area contributed by atoms with E-state index >= 15 is 0 Å². The van der Waals surface area contributed by atoms with E-state index in [0.717, 1.165) is 25.3 Å². The molecule has 10 nitrogen and oxygen atoms in total. The summed E-state index contributed by atoms with van der Waals surface area (Å²) in [5.74, 6) is 1.23. The average Bonchev–Trinajstić information content (AvgIpc) is 2.78. The van der Waals surface area contributed by atoms with Crippen molar-refractivity contribution < 1.29 is 10.1 Å². The zero-order valence-corrected chi connectivity index (χ0v) is 18.5. The molecule has 31 heavy (non-hydrogen) atoms. The number of hydrogen-bond donors (Lipinski definition) is 5. The number of H-pyrrole nitrogens is 1. The van der Waals surface area contributed by atoms with Gasteiger partial charge in [0.1, 0.15) is 5.69 Å². The van der Waals surface area contributed by atoms with Gasteiger partial charge in [-0.05, 0) is 19.9 Å². The Kier molecular flexibility index (Phi) is 7.96. The van der Waals surface area contributed by atoms with E-state index in [0.29, 0.717) is 61.1 Å². The Labute approximate surface area is 182 Å². The summed E-state index contributed by atoms with van der Waals surface area (Å²) in [4.78, 5) is 26.0. The average molecular weight is 430 g/mol. The Morgan fingerprint density at radius 1 is 1.35 bits per heavy atom. The summed E-state index contributed by atoms with van der Waals surface area (Å²) in [6, 6.07) is 3.52. The van der Waals surface area contributed by atoms with Gasteiger partial charge < -0.3 is 30.6 Å². The van der Waals surface area contributed by atoms with Crippen molar-refractivity contribution in [1.29, 1.82) is 0 Å². The molecule has 0 spiro atoms. The van der Waals surface area contributed by atoms with Crippen molar-refractivity contribution in [3.8, 4) is 0 Å². The second-order valence-corrected chi connectivity index (χ2v) is 7.47. The van der Waals surface area contributed by atoms with E-state index in [4.69, 9.17) is 20.1 Å². The first-order chi connectivity index (χ1) is 15.0. The molecule has 6 N–H and O–H groups in total. The molecule has 0 amide bonds. The summed E-state index contributed by atoms with van der Waals surface area (Å²) in [5.41, 5.74) is 2.63. The van der Waals surface area contributed by atoms with Crippen molar-refractivity contribution in [3.05, 3.63) is 34.4 Å². The van der Waals surface area contributed by atoms with Gasteiger partial charge in [-0.25, -0.2) is 4.98 Å². The predicted molar refractivity (Wildman–Crippen MR) is 123 cm³/mol. The first kappa shape index (κ1) is 22.7. The number of nitrogens with one attached hydrogen (secondary N) is 4. The summed E-state index contributed by atoms with van der Waals surface area (Å²) in [6.07, 6.45) is 2.28. The second kappa shape index (κ2) is 10.9. The van der Waals surface area contributed by atoms with Gasteiger partial charge in [0.2, 0.25) is 17.2 Å². The Morgan fingerprint density at radius 3 is 2.87 bits per heavy atom. The highest BCUT2D eigenvalue weighted by molar-refractivity contribution is 6.01. The Hall–Kier alpha value is -2.98. The fourth-order valence-corrected chi connectivity index (χ4v) is 3.38. The van der Waals surface area contributed by atoms with Crippen LogP contribution in [0.3, 0.4) is 0 Å². The third-order valence-electron chi connectivity index (χ3n) is 5.03. The zero-order valence-electron chi connectivity index (χ0n) is 18.5. The summed E-state index contributed by atoms with van der Waals surface area (Å²) in [5, 5.41) is 16.5. The third-order valence-corrected chi connectivity index (χ3v) is 5.03. The SMILES string of the molecule is CCOCCNc1c(Nc2ccc(=O)[nH]c2)nc(N2CCN[C@H](C)C2)nc1C(=[NH2+])CC. The van der Waals surface area contributed by atoms with E-state index in [2.05, 4.69) is 32.8 Å². The lowest BCUT2D eigenvalue weighted by Crippen LogP contribution is -2.50. The van der Waals surface area contributed by atoms with Gasteiger partial charge in [-0.2, -0.15) is 4.98 Å². The van der Waals surface area contributed by atoms with Gasteiger partial charge in [0.25, 0.3) is 0 Å². The number of ether oxygens (including phenoxy) is 1. The number of aromatic amines is 1. The van der Waals surface area contributed by atoms with Crippen LogP contribution in [0.15, 0.2) is 23.1 Å². The molecular formula is C21H33N8O2+. The van der Waals surface area contributed by atoms with Crippen LogP contribution in [-0.4, -0.2) is 66.1 Å². The molecule has 168 valence electrons. The minimum atomic E-state index is -0.164. The molecule has 0 unspecified atom stereocenters. The molecule has 3 rings (SSSR count). The quantitative estimate of drug-likeness (QED) is 0.266. The zero-order chi connectivity index (χ0) is 22.2. The van der Waals surface area contributed by atoms with E-state index in [1.165, 1.54) is 6.07 Å². The number of nitrogens with zero attached hydrogens (tertiary/aromatic N) is 3. The lowest BCUT2D eigenvalue weighted by atomic mass is 10.1. The Balaban J connectivity index is 2.02. The van der Waals surface area contributed by atoms with Crippen LogP contribution in [0.5, 0.6) is 0 Å². The minimum absolute atomic E-state index is 0.164. The van der Waals surface area contributed by atoms with E-state index in [-0.39, 0.29) is 5.56 Å². The smallest absolute Gasteiger partial charge is 0.248 e. The summed E-state index contributed by atoms with van der Waals surface area (Å²) in [7, 11) is 0. The number of pyridine rings is 1. The molecule has 2 aromatic rings. The van der Waals surface area contributed by atoms with Gasteiger partial charge in [-0.3, -0.25) is 10.2 Å². The number of piperazine rings is 1. The molecule has 1 saturated heterocycles. The van der Waals surface area contributed by atoms with Crippen molar-refractivity contribution >= 4 is 28.9 Å². The fraction of sp³-hybridized carbons (Fsp3) is 0.524. The first-order valence-corrected chi connectivity index (χ1v) is 10.8. The van der Waals surface area contributed by atoms with E-state index < -0.39 is 0 Å². The monoisotopic (exact) mass is 429 g/mol. The number of aromatic nitrogens is 3. The summed E-state index contributed by atoms with van der Waals surface area (Å²) < 4.78 is 5.47. The van der Waals surface area contributed by atoms with Crippen molar-refractivity contribution in [2.24, 2.45) is 0 Å². The summed E-state index contributed by atoms with van der Waals surface area (Å²) >= 11 is 0. The highest BCUT2D eigenvalue weighted by atomic mass is 16.5. The van der Waals surface area contributed by atoms with Crippen LogP contribution in [0.1, 0.15) is 32.9 Å². The maximum atomic E-state index is 11.4. The molecule has 1 aliphatic heterocycles. The number of rotatable bonds is 10. The molecule has 0 aliphatic carbocycles. The molecule has 10 heteroatoms. The van der Waals surface area contributed by atoms with Gasteiger partial charge in [-0.1, -0.05) is 6.92 Å². The molecule has 0 bridgehead atoms. The minimum Gasteiger partial charge on any atom is -0.380 e. The van der Waals surface area contributed by atoms with Crippen LogP contribution in [-0.2, 0) is 4.74 Å². The predicted octanol–water partition coefficient (Wildman–Crippen LogP) is 0.113.